The van der Waals surface area contributed by atoms with Crippen molar-refractivity contribution in [2.24, 2.45) is 0 Å². The number of phenols is 1. The molecule has 12 heteroatoms. The van der Waals surface area contributed by atoms with Gasteiger partial charge in [0.1, 0.15) is 41.4 Å². The average Bonchev–Trinajstić information content (AvgIpc) is 3.43. The number of fused-ring (bicyclic) bond motifs is 3. The molecule has 7 rings (SSSR count). The average molecular weight is 603 g/mol. The van der Waals surface area contributed by atoms with E-state index < -0.39 is 23.3 Å². The molecular weight excluding hydrogens is 573 g/mol. The van der Waals surface area contributed by atoms with E-state index in [1.807, 2.05) is 0 Å². The molecule has 9 nitrogen and oxygen atoms in total. The van der Waals surface area contributed by atoms with Crippen molar-refractivity contribution in [2.75, 3.05) is 44.2 Å². The van der Waals surface area contributed by atoms with E-state index in [4.69, 9.17) is 11.2 Å². The van der Waals surface area contributed by atoms with Crippen molar-refractivity contribution in [3.8, 4) is 35.4 Å². The highest BCUT2D eigenvalue weighted by Crippen LogP contribution is 2.41. The van der Waals surface area contributed by atoms with Crippen molar-refractivity contribution < 1.29 is 27.8 Å². The van der Waals surface area contributed by atoms with Gasteiger partial charge in [-0.05, 0) is 49.4 Å². The molecule has 0 aliphatic carbocycles. The maximum absolute atomic E-state index is 16.6. The molecule has 4 aromatic rings. The minimum Gasteiger partial charge on any atom is -0.508 e. The number of nitrogens with zero attached hydrogens (tertiary/aromatic N) is 5. The van der Waals surface area contributed by atoms with Crippen LogP contribution in [0.3, 0.4) is 0 Å². The van der Waals surface area contributed by atoms with Gasteiger partial charge in [-0.15, -0.1) is 6.42 Å². The highest BCUT2D eigenvalue weighted by atomic mass is 19.1. The van der Waals surface area contributed by atoms with Crippen LogP contribution in [-0.4, -0.2) is 81.9 Å². The number of pyridine rings is 1. The lowest BCUT2D eigenvalue weighted by atomic mass is 9.95. The Morgan fingerprint density at radius 2 is 2.07 bits per heavy atom. The fourth-order valence-corrected chi connectivity index (χ4v) is 6.90. The Balaban J connectivity index is 1.39. The molecule has 2 aromatic heterocycles. The van der Waals surface area contributed by atoms with Crippen LogP contribution in [-0.2, 0) is 4.79 Å². The number of amides is 1. The molecule has 1 amide bonds. The van der Waals surface area contributed by atoms with Gasteiger partial charge in [0.25, 0.3) is 0 Å². The molecule has 2 N–H and O–H groups in total. The molecule has 0 spiro atoms. The Morgan fingerprint density at radius 3 is 2.91 bits per heavy atom. The number of anilines is 1. The summed E-state index contributed by atoms with van der Waals surface area (Å²) in [5.41, 5.74) is -0.834. The van der Waals surface area contributed by atoms with Crippen LogP contribution in [0.2, 0.25) is 0 Å². The molecule has 2 atom stereocenters. The van der Waals surface area contributed by atoms with Crippen LogP contribution >= 0.6 is 0 Å². The fraction of sp³-hybridized carbons (Fsp3) is 0.375. The Labute approximate surface area is 251 Å². The van der Waals surface area contributed by atoms with E-state index in [-0.39, 0.29) is 69.7 Å². The molecule has 5 heterocycles. The van der Waals surface area contributed by atoms with E-state index in [2.05, 4.69) is 31.1 Å². The van der Waals surface area contributed by atoms with Crippen LogP contribution in [0, 0.1) is 24.0 Å². The normalized spacial score (nSPS) is 22.2. The molecule has 0 radical (unpaired) electrons. The maximum atomic E-state index is 16.6. The molecule has 44 heavy (non-hydrogen) atoms. The number of benzene rings is 2. The number of hydrogen-bond acceptors (Lipinski definition) is 8. The van der Waals surface area contributed by atoms with Gasteiger partial charge in [0.05, 0.1) is 23.0 Å². The summed E-state index contributed by atoms with van der Waals surface area (Å²) in [4.78, 5) is 29.7. The number of carbonyl (C=O) groups is 1. The topological polar surface area (TPSA) is 104 Å². The second-order valence-electron chi connectivity index (χ2n) is 11.7. The predicted molar refractivity (Wildman–Crippen MR) is 158 cm³/mol. The lowest BCUT2D eigenvalue weighted by molar-refractivity contribution is -0.119. The van der Waals surface area contributed by atoms with Crippen LogP contribution in [0.1, 0.15) is 31.2 Å². The lowest BCUT2D eigenvalue weighted by Gasteiger charge is -2.31. The third kappa shape index (κ3) is 4.72. The fourth-order valence-electron chi connectivity index (χ4n) is 6.90. The molecule has 0 unspecified atom stereocenters. The highest BCUT2D eigenvalue weighted by molar-refractivity contribution is 6.03. The zero-order valence-electron chi connectivity index (χ0n) is 23.7. The number of aromatic hydroxyl groups is 1. The van der Waals surface area contributed by atoms with Crippen molar-refractivity contribution in [1.29, 1.82) is 0 Å². The minimum atomic E-state index is -0.955. The van der Waals surface area contributed by atoms with Crippen molar-refractivity contribution >= 4 is 33.4 Å². The third-order valence-electron chi connectivity index (χ3n) is 8.89. The van der Waals surface area contributed by atoms with Crippen LogP contribution in [0.15, 0.2) is 30.5 Å². The SMILES string of the molecule is C#Cc1c(F)ccc2cc(O)cc(-c3ncc4c(N5CCCNC(=O)C5)nc(OC[C@@]56CCCN5C[C@H](F)C6)nc4c3F)c12. The van der Waals surface area contributed by atoms with Crippen molar-refractivity contribution in [2.45, 2.75) is 37.4 Å². The van der Waals surface area contributed by atoms with Gasteiger partial charge >= 0.3 is 6.01 Å². The lowest BCUT2D eigenvalue weighted by Crippen LogP contribution is -2.43. The Kier molecular flexibility index (Phi) is 6.93. The number of nitrogens with one attached hydrogen (secondary N) is 1. The number of halogens is 3. The first-order valence-corrected chi connectivity index (χ1v) is 14.6. The number of carbonyl (C=O) groups excluding carboxylic acids is 1. The predicted octanol–water partition coefficient (Wildman–Crippen LogP) is 4.09. The number of ether oxygens (including phenoxy) is 1. The molecule has 0 bridgehead atoms. The summed E-state index contributed by atoms with van der Waals surface area (Å²) in [6, 6.07) is 5.20. The van der Waals surface area contributed by atoms with Crippen LogP contribution in [0.4, 0.5) is 19.0 Å². The first-order valence-electron chi connectivity index (χ1n) is 14.6. The van der Waals surface area contributed by atoms with Crippen molar-refractivity contribution in [3.05, 3.63) is 47.7 Å². The maximum Gasteiger partial charge on any atom is 0.319 e. The number of rotatable bonds is 5. The smallest absolute Gasteiger partial charge is 0.319 e. The monoisotopic (exact) mass is 602 g/mol. The molecule has 2 aromatic carbocycles. The third-order valence-corrected chi connectivity index (χ3v) is 8.89. The number of phenolic OH excluding ortho intramolecular Hbond substituents is 1. The number of terminal acetylenes is 1. The minimum absolute atomic E-state index is 0.0157. The van der Waals surface area contributed by atoms with Gasteiger partial charge in [-0.1, -0.05) is 12.0 Å². The largest absolute Gasteiger partial charge is 0.508 e. The van der Waals surface area contributed by atoms with E-state index in [1.54, 1.807) is 4.90 Å². The van der Waals surface area contributed by atoms with E-state index in [9.17, 15) is 18.7 Å². The van der Waals surface area contributed by atoms with Crippen molar-refractivity contribution in [3.63, 3.8) is 0 Å². The second kappa shape index (κ2) is 10.8. The quantitative estimate of drug-likeness (QED) is 0.330. The summed E-state index contributed by atoms with van der Waals surface area (Å²) in [5.74, 6) is 0.674. The Bertz CT molecular complexity index is 1860. The van der Waals surface area contributed by atoms with E-state index >= 15 is 4.39 Å². The Morgan fingerprint density at radius 1 is 1.20 bits per heavy atom. The van der Waals surface area contributed by atoms with Gasteiger partial charge in [0.15, 0.2) is 5.82 Å². The van der Waals surface area contributed by atoms with Gasteiger partial charge < -0.3 is 20.1 Å². The molecule has 3 aliphatic rings. The highest BCUT2D eigenvalue weighted by Gasteiger charge is 2.49. The first kappa shape index (κ1) is 28.2. The first-order chi connectivity index (χ1) is 21.3. The Hall–Kier alpha value is -4.63. The van der Waals surface area contributed by atoms with Gasteiger partial charge in [0.2, 0.25) is 5.91 Å². The summed E-state index contributed by atoms with van der Waals surface area (Å²) in [6.45, 7) is 2.17. The number of hydrogen-bond donors (Lipinski definition) is 2. The molecule has 3 aliphatic heterocycles. The molecule has 226 valence electrons. The van der Waals surface area contributed by atoms with Gasteiger partial charge in [-0.3, -0.25) is 14.7 Å². The summed E-state index contributed by atoms with van der Waals surface area (Å²) in [6.07, 6.45) is 8.73. The van der Waals surface area contributed by atoms with Gasteiger partial charge in [-0.2, -0.15) is 9.97 Å². The van der Waals surface area contributed by atoms with Crippen molar-refractivity contribution in [1.82, 2.24) is 25.2 Å². The summed E-state index contributed by atoms with van der Waals surface area (Å²) in [7, 11) is 0. The van der Waals surface area contributed by atoms with E-state index in [0.717, 1.165) is 19.4 Å². The number of aromatic nitrogens is 3. The van der Waals surface area contributed by atoms with Crippen LogP contribution in [0.5, 0.6) is 11.8 Å². The van der Waals surface area contributed by atoms with E-state index in [0.29, 0.717) is 37.9 Å². The summed E-state index contributed by atoms with van der Waals surface area (Å²) < 4.78 is 51.9. The zero-order chi connectivity index (χ0) is 30.6. The summed E-state index contributed by atoms with van der Waals surface area (Å²) >= 11 is 0. The molecule has 3 fully saturated rings. The molecule has 3 saturated heterocycles. The second-order valence-corrected chi connectivity index (χ2v) is 11.7. The molecule has 0 saturated carbocycles. The van der Waals surface area contributed by atoms with Crippen LogP contribution in [0.25, 0.3) is 32.9 Å². The zero-order valence-corrected chi connectivity index (χ0v) is 23.7. The van der Waals surface area contributed by atoms with E-state index in [1.165, 1.54) is 30.5 Å². The number of alkyl halides is 1. The van der Waals surface area contributed by atoms with Gasteiger partial charge in [-0.25, -0.2) is 13.2 Å². The summed E-state index contributed by atoms with van der Waals surface area (Å²) in [5, 5.41) is 14.2. The molecular formula is C32H29F3N6O3. The standard InChI is InChI=1S/C32H29F3N6O3/c1-2-21-24(34)6-5-18-11-20(42)12-22(26(18)21)28-27(35)29-23(14-37-28)30(40-9-4-8-36-25(43)16-40)39-31(38-29)44-17-32-7-3-10-41(32)15-19(33)13-32/h1,5-6,11-12,14,19,42H,3-4,7-10,13,15-17H2,(H,36,43)/t19-,32+/m1/s1. The van der Waals surface area contributed by atoms with Gasteiger partial charge in [0, 0.05) is 43.2 Å². The van der Waals surface area contributed by atoms with Crippen LogP contribution < -0.4 is 15.0 Å².